The molecule has 0 unspecified atom stereocenters. The lowest BCUT2D eigenvalue weighted by Gasteiger charge is -2.09. The van der Waals surface area contributed by atoms with E-state index in [1.807, 2.05) is 6.92 Å². The van der Waals surface area contributed by atoms with Crippen molar-refractivity contribution in [2.45, 2.75) is 6.92 Å². The summed E-state index contributed by atoms with van der Waals surface area (Å²) in [5, 5.41) is 5.40. The zero-order valence-electron chi connectivity index (χ0n) is 15.2. The number of hydrogen-bond acceptors (Lipinski definition) is 3. The highest BCUT2D eigenvalue weighted by Gasteiger charge is 2.12. The molecule has 5 nitrogen and oxygen atoms in total. The van der Waals surface area contributed by atoms with Crippen molar-refractivity contribution in [1.82, 2.24) is 0 Å². The Balaban J connectivity index is 1.62. The van der Waals surface area contributed by atoms with Crippen LogP contribution in [0, 0.1) is 5.82 Å². The van der Waals surface area contributed by atoms with Gasteiger partial charge in [0.15, 0.2) is 0 Å². The summed E-state index contributed by atoms with van der Waals surface area (Å²) in [6.45, 7) is 2.48. The predicted octanol–water partition coefficient (Wildman–Crippen LogP) is 4.73. The largest absolute Gasteiger partial charge is 0.494 e. The molecule has 142 valence electrons. The molecule has 0 heterocycles. The highest BCUT2D eigenvalue weighted by atomic mass is 19.1. The Labute approximate surface area is 162 Å². The first kappa shape index (κ1) is 19.1. The molecule has 0 atom stereocenters. The molecular formula is C22H19FN2O3. The molecule has 0 saturated carbocycles. The minimum atomic E-state index is -0.591. The van der Waals surface area contributed by atoms with E-state index < -0.39 is 11.7 Å². The lowest BCUT2D eigenvalue weighted by molar-refractivity contribution is 0.101. The zero-order chi connectivity index (χ0) is 19.9. The maximum absolute atomic E-state index is 13.7. The van der Waals surface area contributed by atoms with Crippen LogP contribution in [0.1, 0.15) is 27.6 Å². The lowest BCUT2D eigenvalue weighted by Crippen LogP contribution is -2.14. The normalized spacial score (nSPS) is 10.2. The second-order valence-electron chi connectivity index (χ2n) is 5.92. The van der Waals surface area contributed by atoms with E-state index in [0.717, 1.165) is 5.75 Å². The second kappa shape index (κ2) is 8.81. The first-order chi connectivity index (χ1) is 13.6. The van der Waals surface area contributed by atoms with Crippen molar-refractivity contribution in [3.05, 3.63) is 89.7 Å². The average molecular weight is 378 g/mol. The molecule has 3 aromatic carbocycles. The minimum Gasteiger partial charge on any atom is -0.494 e. The smallest absolute Gasteiger partial charge is 0.258 e. The summed E-state index contributed by atoms with van der Waals surface area (Å²) in [6.07, 6.45) is 0. The Morgan fingerprint density at radius 2 is 1.39 bits per heavy atom. The molecule has 0 bridgehead atoms. The molecule has 2 N–H and O–H groups in total. The number of carbonyl (C=O) groups is 2. The van der Waals surface area contributed by atoms with Gasteiger partial charge in [0, 0.05) is 16.9 Å². The molecular weight excluding hydrogens is 359 g/mol. The molecule has 2 amide bonds. The molecule has 0 spiro atoms. The Morgan fingerprint density at radius 3 is 2.00 bits per heavy atom. The van der Waals surface area contributed by atoms with E-state index >= 15 is 0 Å². The van der Waals surface area contributed by atoms with Gasteiger partial charge in [-0.2, -0.15) is 0 Å². The van der Waals surface area contributed by atoms with E-state index in [-0.39, 0.29) is 11.5 Å². The highest BCUT2D eigenvalue weighted by Crippen LogP contribution is 2.18. The fourth-order valence-electron chi connectivity index (χ4n) is 2.55. The van der Waals surface area contributed by atoms with Gasteiger partial charge in [-0.05, 0) is 67.6 Å². The quantitative estimate of drug-likeness (QED) is 0.652. The molecule has 6 heteroatoms. The van der Waals surface area contributed by atoms with Gasteiger partial charge in [-0.3, -0.25) is 9.59 Å². The standard InChI is InChI=1S/C22H19FN2O3/c1-2-28-18-13-11-17(12-14-18)24-21(26)15-7-9-16(10-8-15)25-22(27)19-5-3-4-6-20(19)23/h3-14H,2H2,1H3,(H,24,26)(H,25,27). The molecule has 28 heavy (non-hydrogen) atoms. The maximum Gasteiger partial charge on any atom is 0.258 e. The van der Waals surface area contributed by atoms with Crippen molar-refractivity contribution >= 4 is 23.2 Å². The van der Waals surface area contributed by atoms with Gasteiger partial charge in [0.2, 0.25) is 0 Å². The summed E-state index contributed by atoms with van der Waals surface area (Å²) >= 11 is 0. The van der Waals surface area contributed by atoms with E-state index in [9.17, 15) is 14.0 Å². The lowest BCUT2D eigenvalue weighted by atomic mass is 10.1. The van der Waals surface area contributed by atoms with Crippen molar-refractivity contribution in [2.75, 3.05) is 17.2 Å². The third kappa shape index (κ3) is 4.73. The van der Waals surface area contributed by atoms with Gasteiger partial charge < -0.3 is 15.4 Å². The van der Waals surface area contributed by atoms with Crippen LogP contribution < -0.4 is 15.4 Å². The van der Waals surface area contributed by atoms with Crippen LogP contribution in [0.2, 0.25) is 0 Å². The molecule has 0 aromatic heterocycles. The number of halogens is 1. The molecule has 0 fully saturated rings. The van der Waals surface area contributed by atoms with Gasteiger partial charge in [-0.25, -0.2) is 4.39 Å². The van der Waals surface area contributed by atoms with Crippen LogP contribution >= 0.6 is 0 Å². The molecule has 3 aromatic rings. The number of ether oxygens (including phenoxy) is 1. The maximum atomic E-state index is 13.7. The SMILES string of the molecule is CCOc1ccc(NC(=O)c2ccc(NC(=O)c3ccccc3F)cc2)cc1. The molecule has 0 saturated heterocycles. The van der Waals surface area contributed by atoms with Crippen LogP contribution in [-0.2, 0) is 0 Å². The Bertz CT molecular complexity index is 970. The van der Waals surface area contributed by atoms with E-state index in [2.05, 4.69) is 10.6 Å². The third-order valence-corrected chi connectivity index (χ3v) is 3.95. The van der Waals surface area contributed by atoms with Crippen LogP contribution in [0.5, 0.6) is 5.75 Å². The summed E-state index contributed by atoms with van der Waals surface area (Å²) in [7, 11) is 0. The van der Waals surface area contributed by atoms with Gasteiger partial charge in [0.05, 0.1) is 12.2 Å². The molecule has 0 radical (unpaired) electrons. The highest BCUT2D eigenvalue weighted by molar-refractivity contribution is 6.06. The fraction of sp³-hybridized carbons (Fsp3) is 0.0909. The molecule has 0 aliphatic carbocycles. The Hall–Kier alpha value is -3.67. The number of hydrogen-bond donors (Lipinski definition) is 2. The van der Waals surface area contributed by atoms with Crippen molar-refractivity contribution in [3.63, 3.8) is 0 Å². The van der Waals surface area contributed by atoms with E-state index in [1.54, 1.807) is 54.6 Å². The fourth-order valence-corrected chi connectivity index (χ4v) is 2.55. The number of benzene rings is 3. The number of amides is 2. The summed E-state index contributed by atoms with van der Waals surface area (Å²) in [6, 6.07) is 19.2. The molecule has 0 aliphatic rings. The topological polar surface area (TPSA) is 67.4 Å². The number of anilines is 2. The Kier molecular flexibility index (Phi) is 6.01. The monoisotopic (exact) mass is 378 g/mol. The summed E-state index contributed by atoms with van der Waals surface area (Å²) in [4.78, 5) is 24.5. The van der Waals surface area contributed by atoms with Gasteiger partial charge in [0.1, 0.15) is 11.6 Å². The molecule has 0 aliphatic heterocycles. The van der Waals surface area contributed by atoms with E-state index in [4.69, 9.17) is 4.74 Å². The average Bonchev–Trinajstić information content (AvgIpc) is 2.70. The minimum absolute atomic E-state index is 0.0418. The summed E-state index contributed by atoms with van der Waals surface area (Å²) in [5.41, 5.74) is 1.49. The molecule has 3 rings (SSSR count). The van der Waals surface area contributed by atoms with Gasteiger partial charge in [0.25, 0.3) is 11.8 Å². The predicted molar refractivity (Wildman–Crippen MR) is 106 cm³/mol. The summed E-state index contributed by atoms with van der Waals surface area (Å²) in [5.74, 6) is -0.692. The van der Waals surface area contributed by atoms with Gasteiger partial charge >= 0.3 is 0 Å². The van der Waals surface area contributed by atoms with Crippen LogP contribution in [-0.4, -0.2) is 18.4 Å². The van der Waals surface area contributed by atoms with Gasteiger partial charge in [-0.1, -0.05) is 12.1 Å². The number of rotatable bonds is 6. The first-order valence-electron chi connectivity index (χ1n) is 8.77. The third-order valence-electron chi connectivity index (χ3n) is 3.95. The van der Waals surface area contributed by atoms with E-state index in [0.29, 0.717) is 23.5 Å². The van der Waals surface area contributed by atoms with Gasteiger partial charge in [-0.15, -0.1) is 0 Å². The second-order valence-corrected chi connectivity index (χ2v) is 5.92. The van der Waals surface area contributed by atoms with Crippen LogP contribution in [0.3, 0.4) is 0 Å². The Morgan fingerprint density at radius 1 is 0.821 bits per heavy atom. The van der Waals surface area contributed by atoms with E-state index in [1.165, 1.54) is 18.2 Å². The first-order valence-corrected chi connectivity index (χ1v) is 8.77. The van der Waals surface area contributed by atoms with Crippen molar-refractivity contribution in [1.29, 1.82) is 0 Å². The van der Waals surface area contributed by atoms with Crippen molar-refractivity contribution in [3.8, 4) is 5.75 Å². The zero-order valence-corrected chi connectivity index (χ0v) is 15.2. The number of nitrogens with one attached hydrogen (secondary N) is 2. The summed E-state index contributed by atoms with van der Waals surface area (Å²) < 4.78 is 19.0. The number of carbonyl (C=O) groups excluding carboxylic acids is 2. The van der Waals surface area contributed by atoms with Crippen LogP contribution in [0.4, 0.5) is 15.8 Å². The van der Waals surface area contributed by atoms with Crippen molar-refractivity contribution in [2.24, 2.45) is 0 Å². The van der Waals surface area contributed by atoms with Crippen molar-refractivity contribution < 1.29 is 18.7 Å². The van der Waals surface area contributed by atoms with Crippen LogP contribution in [0.15, 0.2) is 72.8 Å². The van der Waals surface area contributed by atoms with Crippen LogP contribution in [0.25, 0.3) is 0 Å².